The third-order valence-corrected chi connectivity index (χ3v) is 7.48. The average Bonchev–Trinajstić information content (AvgIpc) is 3.13. The van der Waals surface area contributed by atoms with Crippen LogP contribution in [0.25, 0.3) is 11.0 Å². The predicted octanol–water partition coefficient (Wildman–Crippen LogP) is 3.45. The van der Waals surface area contributed by atoms with Crippen LogP contribution in [0, 0.1) is 0 Å². The predicted molar refractivity (Wildman–Crippen MR) is 118 cm³/mol. The van der Waals surface area contributed by atoms with E-state index in [0.29, 0.717) is 12.2 Å². The Morgan fingerprint density at radius 2 is 1.97 bits per heavy atom. The Balaban J connectivity index is 1.73. The molecule has 0 saturated carbocycles. The maximum Gasteiger partial charge on any atom is 0.320 e. The molecule has 2 aliphatic rings. The number of aromatic nitrogens is 3. The van der Waals surface area contributed by atoms with Gasteiger partial charge in [0.15, 0.2) is 5.65 Å². The van der Waals surface area contributed by atoms with Crippen molar-refractivity contribution in [2.45, 2.75) is 25.8 Å². The summed E-state index contributed by atoms with van der Waals surface area (Å²) in [5, 5.41) is 3.12. The molecule has 3 aromatic rings. The number of nitrogens with zero attached hydrogens (tertiary/aromatic N) is 4. The summed E-state index contributed by atoms with van der Waals surface area (Å²) in [6, 6.07) is 6.94. The topological polar surface area (TPSA) is 107 Å². The van der Waals surface area contributed by atoms with Crippen molar-refractivity contribution in [1.82, 2.24) is 15.0 Å². The Morgan fingerprint density at radius 1 is 1.18 bits per heavy atom. The first-order chi connectivity index (χ1) is 15.8. The van der Waals surface area contributed by atoms with Crippen LogP contribution < -0.4 is 19.1 Å². The van der Waals surface area contributed by atoms with Gasteiger partial charge in [0.1, 0.15) is 24.8 Å². The van der Waals surface area contributed by atoms with Crippen LogP contribution in [-0.2, 0) is 10.0 Å². The normalized spacial score (nSPS) is 19.9. The third-order valence-electron chi connectivity index (χ3n) is 5.62. The number of alkyl halides is 2. The van der Waals surface area contributed by atoms with Crippen LogP contribution in [0.2, 0.25) is 0 Å². The van der Waals surface area contributed by atoms with Crippen LogP contribution in [0.4, 0.5) is 20.3 Å². The van der Waals surface area contributed by atoms with E-state index in [9.17, 15) is 17.2 Å². The number of anilines is 2. The number of sulfonamides is 1. The van der Waals surface area contributed by atoms with E-state index in [-0.39, 0.29) is 60.1 Å². The van der Waals surface area contributed by atoms with Crippen LogP contribution in [0.15, 0.2) is 30.5 Å². The number of para-hydroxylation sites is 1. The standard InChI is InChI=1S/C21H21F2N5O4S/c1-12-13-5-2-3-6-15(13)31-8-9-32-21-26-19-17(20(25-12)27-21)16(18(22)23)14(11-24-19)28-7-4-10-33(28,29)30/h2-3,5-6,11-12,18H,4,7-10H2,1H3,(H,24,25,26,27)/t12-/m1/s1. The molecule has 2 aliphatic heterocycles. The average molecular weight is 477 g/mol. The number of rotatable bonds is 2. The van der Waals surface area contributed by atoms with Gasteiger partial charge in [-0.25, -0.2) is 22.2 Å². The number of nitrogens with one attached hydrogen (secondary N) is 1. The van der Waals surface area contributed by atoms with Gasteiger partial charge in [0.25, 0.3) is 6.43 Å². The second-order valence-corrected chi connectivity index (χ2v) is 9.77. The largest absolute Gasteiger partial charge is 0.490 e. The van der Waals surface area contributed by atoms with E-state index in [2.05, 4.69) is 20.3 Å². The molecule has 12 heteroatoms. The number of pyridine rings is 1. The van der Waals surface area contributed by atoms with Crippen molar-refractivity contribution < 1.29 is 26.7 Å². The molecule has 0 unspecified atom stereocenters. The fourth-order valence-electron chi connectivity index (χ4n) is 4.13. The molecule has 0 radical (unpaired) electrons. The number of fused-ring (bicyclic) bond motifs is 5. The highest BCUT2D eigenvalue weighted by Gasteiger charge is 2.34. The van der Waals surface area contributed by atoms with Gasteiger partial charge in [0, 0.05) is 12.1 Å². The van der Waals surface area contributed by atoms with Gasteiger partial charge >= 0.3 is 6.01 Å². The Labute approximate surface area is 188 Å². The molecule has 33 heavy (non-hydrogen) atoms. The molecule has 1 N–H and O–H groups in total. The number of halogens is 2. The van der Waals surface area contributed by atoms with Crippen molar-refractivity contribution in [2.24, 2.45) is 0 Å². The Kier molecular flexibility index (Phi) is 5.39. The molecule has 2 aromatic heterocycles. The quantitative estimate of drug-likeness (QED) is 0.598. The summed E-state index contributed by atoms with van der Waals surface area (Å²) in [7, 11) is -3.70. The first-order valence-electron chi connectivity index (χ1n) is 10.5. The van der Waals surface area contributed by atoms with E-state index in [4.69, 9.17) is 9.47 Å². The van der Waals surface area contributed by atoms with Gasteiger partial charge in [0.2, 0.25) is 10.0 Å². The summed E-state index contributed by atoms with van der Waals surface area (Å²) >= 11 is 0. The summed E-state index contributed by atoms with van der Waals surface area (Å²) in [4.78, 5) is 12.7. The number of hydrogen-bond acceptors (Lipinski definition) is 8. The van der Waals surface area contributed by atoms with E-state index in [1.54, 1.807) is 0 Å². The minimum Gasteiger partial charge on any atom is -0.490 e. The maximum atomic E-state index is 14.4. The van der Waals surface area contributed by atoms with Crippen LogP contribution in [0.3, 0.4) is 0 Å². The van der Waals surface area contributed by atoms with Gasteiger partial charge in [-0.05, 0) is 19.4 Å². The molecule has 0 aliphatic carbocycles. The molecule has 9 nitrogen and oxygen atoms in total. The first kappa shape index (κ1) is 21.6. The van der Waals surface area contributed by atoms with Crippen LogP contribution in [-0.4, -0.2) is 48.9 Å². The van der Waals surface area contributed by atoms with Crippen LogP contribution in [0.5, 0.6) is 11.8 Å². The van der Waals surface area contributed by atoms with Crippen LogP contribution in [0.1, 0.15) is 36.9 Å². The van der Waals surface area contributed by atoms with E-state index in [1.165, 1.54) is 0 Å². The molecular weight excluding hydrogens is 456 g/mol. The lowest BCUT2D eigenvalue weighted by atomic mass is 10.1. The molecule has 2 bridgehead atoms. The van der Waals surface area contributed by atoms with Gasteiger partial charge in [-0.1, -0.05) is 18.2 Å². The molecule has 5 rings (SSSR count). The molecule has 1 atom stereocenters. The summed E-state index contributed by atoms with van der Waals surface area (Å²) in [6.07, 6.45) is -1.50. The third kappa shape index (κ3) is 3.88. The number of ether oxygens (including phenoxy) is 2. The highest BCUT2D eigenvalue weighted by Crippen LogP contribution is 2.41. The maximum absolute atomic E-state index is 14.4. The van der Waals surface area contributed by atoms with Crippen molar-refractivity contribution in [2.75, 3.05) is 35.1 Å². The van der Waals surface area contributed by atoms with Gasteiger partial charge in [-0.2, -0.15) is 9.97 Å². The van der Waals surface area contributed by atoms with E-state index in [1.807, 2.05) is 31.2 Å². The van der Waals surface area contributed by atoms with E-state index < -0.39 is 22.0 Å². The van der Waals surface area contributed by atoms with E-state index in [0.717, 1.165) is 16.1 Å². The lowest BCUT2D eigenvalue weighted by Crippen LogP contribution is -2.26. The molecule has 174 valence electrons. The molecule has 0 amide bonds. The molecule has 1 saturated heterocycles. The monoisotopic (exact) mass is 477 g/mol. The second kappa shape index (κ2) is 8.25. The van der Waals surface area contributed by atoms with Crippen molar-refractivity contribution in [3.05, 3.63) is 41.6 Å². The Bertz CT molecular complexity index is 1320. The van der Waals surface area contributed by atoms with Crippen molar-refractivity contribution >= 4 is 32.6 Å². The molecular formula is C21H21F2N5O4S. The fraction of sp³-hybridized carbons (Fsp3) is 0.381. The zero-order valence-electron chi connectivity index (χ0n) is 17.7. The zero-order chi connectivity index (χ0) is 23.2. The van der Waals surface area contributed by atoms with E-state index >= 15 is 0 Å². The number of benzene rings is 1. The van der Waals surface area contributed by atoms with Gasteiger partial charge in [-0.3, -0.25) is 4.31 Å². The van der Waals surface area contributed by atoms with Crippen LogP contribution >= 0.6 is 0 Å². The van der Waals surface area contributed by atoms with Gasteiger partial charge < -0.3 is 14.8 Å². The fourth-order valence-corrected chi connectivity index (χ4v) is 5.69. The van der Waals surface area contributed by atoms with Crippen molar-refractivity contribution in [1.29, 1.82) is 0 Å². The lowest BCUT2D eigenvalue weighted by Gasteiger charge is -2.23. The zero-order valence-corrected chi connectivity index (χ0v) is 18.5. The highest BCUT2D eigenvalue weighted by atomic mass is 32.2. The Hall–Kier alpha value is -3.28. The summed E-state index contributed by atoms with van der Waals surface area (Å²) in [5.74, 6) is 0.612. The SMILES string of the molecule is C[C@H]1Nc2nc(nc3ncc(N4CCCS4(=O)=O)c(C(F)F)c23)OCCOc2ccccc21. The first-order valence-corrected chi connectivity index (χ1v) is 12.1. The smallest absolute Gasteiger partial charge is 0.320 e. The highest BCUT2D eigenvalue weighted by molar-refractivity contribution is 7.93. The summed E-state index contributed by atoms with van der Waals surface area (Å²) in [6.45, 7) is 2.33. The van der Waals surface area contributed by atoms with Gasteiger partial charge in [0.05, 0.1) is 34.6 Å². The molecule has 1 aromatic carbocycles. The van der Waals surface area contributed by atoms with Gasteiger partial charge in [-0.15, -0.1) is 0 Å². The minimum atomic E-state index is -3.70. The minimum absolute atomic E-state index is 0.0150. The van der Waals surface area contributed by atoms with Crippen molar-refractivity contribution in [3.63, 3.8) is 0 Å². The molecule has 1 fully saturated rings. The van der Waals surface area contributed by atoms with Crippen molar-refractivity contribution in [3.8, 4) is 11.8 Å². The lowest BCUT2D eigenvalue weighted by molar-refractivity contribution is 0.153. The second-order valence-electron chi connectivity index (χ2n) is 7.75. The molecule has 0 spiro atoms. The number of hydrogen-bond donors (Lipinski definition) is 1. The molecule has 4 heterocycles. The summed E-state index contributed by atoms with van der Waals surface area (Å²) in [5.41, 5.74) is 0.151. The summed E-state index contributed by atoms with van der Waals surface area (Å²) < 4.78 is 66.2. The Morgan fingerprint density at radius 3 is 2.73 bits per heavy atom.